The molecule has 1 heterocycles. The van der Waals surface area contributed by atoms with Crippen LogP contribution in [0.15, 0.2) is 29.4 Å². The van der Waals surface area contributed by atoms with Crippen molar-refractivity contribution in [2.75, 3.05) is 13.1 Å². The molecule has 0 bridgehead atoms. The van der Waals surface area contributed by atoms with Gasteiger partial charge in [-0.2, -0.15) is 0 Å². The summed E-state index contributed by atoms with van der Waals surface area (Å²) in [5.74, 6) is 0. The van der Waals surface area contributed by atoms with E-state index in [1.165, 1.54) is 0 Å². The minimum atomic E-state index is 0.234. The predicted octanol–water partition coefficient (Wildman–Crippen LogP) is 3.21. The molecular weight excluding hydrogens is 224 g/mol. The van der Waals surface area contributed by atoms with Gasteiger partial charge in [-0.3, -0.25) is 0 Å². The van der Waals surface area contributed by atoms with Gasteiger partial charge in [-0.25, -0.2) is 4.98 Å². The SMILES string of the molecule is CCNCC(C)(C)SSc1ccccn1. The average Bonchev–Trinajstić information content (AvgIpc) is 2.25. The summed E-state index contributed by atoms with van der Waals surface area (Å²) < 4.78 is 0.234. The van der Waals surface area contributed by atoms with Crippen LogP contribution < -0.4 is 5.32 Å². The van der Waals surface area contributed by atoms with E-state index in [0.29, 0.717) is 0 Å². The second-order valence-electron chi connectivity index (χ2n) is 3.87. The zero-order chi connectivity index (χ0) is 11.1. The van der Waals surface area contributed by atoms with Gasteiger partial charge in [-0.15, -0.1) is 0 Å². The number of aromatic nitrogens is 1. The summed E-state index contributed by atoms with van der Waals surface area (Å²) in [6.45, 7) is 8.67. The fourth-order valence-electron chi connectivity index (χ4n) is 1.01. The Morgan fingerprint density at radius 1 is 1.40 bits per heavy atom. The van der Waals surface area contributed by atoms with Gasteiger partial charge < -0.3 is 5.32 Å². The molecule has 2 nitrogen and oxygen atoms in total. The molecule has 0 radical (unpaired) electrons. The van der Waals surface area contributed by atoms with E-state index in [2.05, 4.69) is 31.1 Å². The Bertz CT molecular complexity index is 275. The second kappa shape index (κ2) is 6.40. The zero-order valence-corrected chi connectivity index (χ0v) is 11.1. The molecular formula is C11H18N2S2. The van der Waals surface area contributed by atoms with E-state index in [1.807, 2.05) is 35.2 Å². The van der Waals surface area contributed by atoms with Gasteiger partial charge in [0.15, 0.2) is 0 Å². The van der Waals surface area contributed by atoms with Crippen LogP contribution in [0, 0.1) is 0 Å². The van der Waals surface area contributed by atoms with Crippen molar-refractivity contribution in [2.45, 2.75) is 30.5 Å². The molecule has 84 valence electrons. The first-order valence-corrected chi connectivity index (χ1v) is 7.26. The maximum absolute atomic E-state index is 4.28. The zero-order valence-electron chi connectivity index (χ0n) is 9.49. The van der Waals surface area contributed by atoms with Gasteiger partial charge in [0, 0.05) is 17.5 Å². The molecule has 0 spiro atoms. The molecule has 15 heavy (non-hydrogen) atoms. The van der Waals surface area contributed by atoms with Gasteiger partial charge in [0.2, 0.25) is 0 Å². The van der Waals surface area contributed by atoms with E-state index < -0.39 is 0 Å². The van der Waals surface area contributed by atoms with Gasteiger partial charge >= 0.3 is 0 Å². The molecule has 0 amide bonds. The Kier molecular flexibility index (Phi) is 5.50. The highest BCUT2D eigenvalue weighted by atomic mass is 33.1. The molecule has 0 atom stereocenters. The van der Waals surface area contributed by atoms with Crippen LogP contribution in [0.1, 0.15) is 20.8 Å². The van der Waals surface area contributed by atoms with Crippen molar-refractivity contribution >= 4 is 21.6 Å². The molecule has 0 saturated heterocycles. The number of hydrogen-bond acceptors (Lipinski definition) is 4. The maximum atomic E-state index is 4.28. The lowest BCUT2D eigenvalue weighted by Crippen LogP contribution is -2.31. The standard InChI is InChI=1S/C11H18N2S2/c1-4-12-9-11(2,3)15-14-10-7-5-6-8-13-10/h5-8,12H,4,9H2,1-3H3. The predicted molar refractivity (Wildman–Crippen MR) is 70.3 cm³/mol. The molecule has 0 fully saturated rings. The van der Waals surface area contributed by atoms with Crippen molar-refractivity contribution in [3.05, 3.63) is 24.4 Å². The van der Waals surface area contributed by atoms with Crippen molar-refractivity contribution in [3.63, 3.8) is 0 Å². The highest BCUT2D eigenvalue weighted by Gasteiger charge is 2.18. The number of nitrogens with zero attached hydrogens (tertiary/aromatic N) is 1. The normalized spacial score (nSPS) is 11.7. The maximum Gasteiger partial charge on any atom is 0.106 e. The minimum Gasteiger partial charge on any atom is -0.316 e. The molecule has 0 aliphatic heterocycles. The van der Waals surface area contributed by atoms with Crippen molar-refractivity contribution < 1.29 is 0 Å². The topological polar surface area (TPSA) is 24.9 Å². The van der Waals surface area contributed by atoms with Gasteiger partial charge in [0.1, 0.15) is 5.03 Å². The van der Waals surface area contributed by atoms with Crippen LogP contribution in [-0.2, 0) is 0 Å². The van der Waals surface area contributed by atoms with Crippen LogP contribution in [0.3, 0.4) is 0 Å². The fourth-order valence-corrected chi connectivity index (χ4v) is 3.12. The van der Waals surface area contributed by atoms with E-state index in [1.54, 1.807) is 10.8 Å². The third kappa shape index (κ3) is 5.44. The van der Waals surface area contributed by atoms with E-state index in [0.717, 1.165) is 18.1 Å². The Hall–Kier alpha value is -0.190. The number of rotatable bonds is 6. The lowest BCUT2D eigenvalue weighted by Gasteiger charge is -2.22. The van der Waals surface area contributed by atoms with Crippen LogP contribution >= 0.6 is 21.6 Å². The monoisotopic (exact) mass is 242 g/mol. The smallest absolute Gasteiger partial charge is 0.106 e. The molecule has 0 aliphatic carbocycles. The fraction of sp³-hybridized carbons (Fsp3) is 0.545. The summed E-state index contributed by atoms with van der Waals surface area (Å²) in [6, 6.07) is 6.01. The second-order valence-corrected chi connectivity index (χ2v) is 6.73. The molecule has 0 saturated carbocycles. The molecule has 0 unspecified atom stereocenters. The van der Waals surface area contributed by atoms with Crippen molar-refractivity contribution in [3.8, 4) is 0 Å². The van der Waals surface area contributed by atoms with Gasteiger partial charge in [0.05, 0.1) is 0 Å². The minimum absolute atomic E-state index is 0.234. The van der Waals surface area contributed by atoms with Crippen molar-refractivity contribution in [2.24, 2.45) is 0 Å². The summed E-state index contributed by atoms with van der Waals surface area (Å²) >= 11 is 0. The van der Waals surface area contributed by atoms with Crippen molar-refractivity contribution in [1.82, 2.24) is 10.3 Å². The highest BCUT2D eigenvalue weighted by Crippen LogP contribution is 2.39. The Balaban J connectivity index is 2.35. The largest absolute Gasteiger partial charge is 0.316 e. The van der Waals surface area contributed by atoms with Gasteiger partial charge in [0.25, 0.3) is 0 Å². The molecule has 4 heteroatoms. The van der Waals surface area contributed by atoms with Crippen LogP contribution in [0.2, 0.25) is 0 Å². The molecule has 1 N–H and O–H groups in total. The Morgan fingerprint density at radius 2 is 2.20 bits per heavy atom. The molecule has 1 aromatic rings. The molecule has 0 aliphatic rings. The molecule has 0 aromatic carbocycles. The molecule has 1 rings (SSSR count). The van der Waals surface area contributed by atoms with Crippen LogP contribution in [-0.4, -0.2) is 22.8 Å². The van der Waals surface area contributed by atoms with Gasteiger partial charge in [-0.1, -0.05) is 23.8 Å². The number of pyridine rings is 1. The summed E-state index contributed by atoms with van der Waals surface area (Å²) in [5, 5.41) is 4.45. The van der Waals surface area contributed by atoms with Crippen LogP contribution in [0.5, 0.6) is 0 Å². The van der Waals surface area contributed by atoms with Crippen LogP contribution in [0.25, 0.3) is 0 Å². The Morgan fingerprint density at radius 3 is 2.80 bits per heavy atom. The van der Waals surface area contributed by atoms with Gasteiger partial charge in [-0.05, 0) is 43.3 Å². The number of nitrogens with one attached hydrogen (secondary N) is 1. The van der Waals surface area contributed by atoms with E-state index in [4.69, 9.17) is 0 Å². The summed E-state index contributed by atoms with van der Waals surface area (Å²) in [6.07, 6.45) is 1.83. The lowest BCUT2D eigenvalue weighted by molar-refractivity contribution is 0.610. The first-order chi connectivity index (χ1) is 7.14. The third-order valence-corrected chi connectivity index (χ3v) is 5.00. The van der Waals surface area contributed by atoms with E-state index >= 15 is 0 Å². The van der Waals surface area contributed by atoms with E-state index in [9.17, 15) is 0 Å². The van der Waals surface area contributed by atoms with Crippen LogP contribution in [0.4, 0.5) is 0 Å². The summed E-state index contributed by atoms with van der Waals surface area (Å²) in [5.41, 5.74) is 0. The van der Waals surface area contributed by atoms with E-state index in [-0.39, 0.29) is 4.75 Å². The summed E-state index contributed by atoms with van der Waals surface area (Å²) in [7, 11) is 3.61. The first kappa shape index (κ1) is 12.9. The lowest BCUT2D eigenvalue weighted by atomic mass is 10.2. The third-order valence-electron chi connectivity index (χ3n) is 1.79. The number of hydrogen-bond donors (Lipinski definition) is 1. The quantitative estimate of drug-likeness (QED) is 0.774. The highest BCUT2D eigenvalue weighted by molar-refractivity contribution is 8.77. The Labute approximate surface area is 100 Å². The van der Waals surface area contributed by atoms with Crippen molar-refractivity contribution in [1.29, 1.82) is 0 Å². The average molecular weight is 242 g/mol. The molecule has 1 aromatic heterocycles. The first-order valence-electron chi connectivity index (χ1n) is 5.11. The summed E-state index contributed by atoms with van der Waals surface area (Å²) in [4.78, 5) is 4.28.